The van der Waals surface area contributed by atoms with Crippen LogP contribution in [-0.4, -0.2) is 43.2 Å². The lowest BCUT2D eigenvalue weighted by Gasteiger charge is -2.17. The summed E-state index contributed by atoms with van der Waals surface area (Å²) in [7, 11) is -3.43. The van der Waals surface area contributed by atoms with E-state index in [0.29, 0.717) is 0 Å². The van der Waals surface area contributed by atoms with Crippen LogP contribution in [0.2, 0.25) is 5.02 Å². The zero-order valence-corrected chi connectivity index (χ0v) is 17.2. The SMILES string of the molecule is CC(C)Oc1ccc(CN2CC[C@@H](CS(=O)(=O)c3cnccc3Cl)C2)cc1. The molecule has 0 amide bonds. The molecule has 1 aliphatic rings. The minimum Gasteiger partial charge on any atom is -0.491 e. The minimum atomic E-state index is -3.43. The molecular formula is C20H25ClN2O3S. The Bertz CT molecular complexity index is 869. The number of sulfone groups is 1. The Hall–Kier alpha value is -1.63. The van der Waals surface area contributed by atoms with Crippen LogP contribution in [0.4, 0.5) is 0 Å². The molecule has 146 valence electrons. The molecule has 0 spiro atoms. The van der Waals surface area contributed by atoms with Crippen LogP contribution in [0.5, 0.6) is 5.75 Å². The van der Waals surface area contributed by atoms with Crippen LogP contribution in [0, 0.1) is 5.92 Å². The molecule has 0 aliphatic carbocycles. The zero-order valence-electron chi connectivity index (χ0n) is 15.6. The van der Waals surface area contributed by atoms with Gasteiger partial charge in [0.05, 0.1) is 16.9 Å². The van der Waals surface area contributed by atoms with Crippen molar-refractivity contribution in [3.05, 3.63) is 53.3 Å². The minimum absolute atomic E-state index is 0.106. The number of hydrogen-bond acceptors (Lipinski definition) is 5. The van der Waals surface area contributed by atoms with E-state index in [2.05, 4.69) is 22.0 Å². The summed E-state index contributed by atoms with van der Waals surface area (Å²) >= 11 is 6.03. The highest BCUT2D eigenvalue weighted by molar-refractivity contribution is 7.91. The van der Waals surface area contributed by atoms with Gasteiger partial charge in [-0.25, -0.2) is 8.42 Å². The first-order chi connectivity index (χ1) is 12.8. The molecule has 0 N–H and O–H groups in total. The average Bonchev–Trinajstić information content (AvgIpc) is 3.02. The number of rotatable bonds is 7. The molecule has 1 atom stereocenters. The molecule has 27 heavy (non-hydrogen) atoms. The molecular weight excluding hydrogens is 384 g/mol. The van der Waals surface area contributed by atoms with Gasteiger partial charge >= 0.3 is 0 Å². The molecule has 7 heteroatoms. The molecule has 2 heterocycles. The Kier molecular flexibility index (Phi) is 6.40. The number of ether oxygens (including phenoxy) is 1. The first-order valence-corrected chi connectivity index (χ1v) is 11.2. The highest BCUT2D eigenvalue weighted by Gasteiger charge is 2.29. The quantitative estimate of drug-likeness (QED) is 0.697. The largest absolute Gasteiger partial charge is 0.491 e. The maximum atomic E-state index is 12.6. The fourth-order valence-corrected chi connectivity index (χ4v) is 5.50. The van der Waals surface area contributed by atoms with Crippen molar-refractivity contribution >= 4 is 21.4 Å². The topological polar surface area (TPSA) is 59.5 Å². The van der Waals surface area contributed by atoms with E-state index in [0.717, 1.165) is 31.8 Å². The van der Waals surface area contributed by atoms with E-state index in [1.54, 1.807) is 0 Å². The Morgan fingerprint density at radius 2 is 2.00 bits per heavy atom. The lowest BCUT2D eigenvalue weighted by molar-refractivity contribution is 0.242. The lowest BCUT2D eigenvalue weighted by Crippen LogP contribution is -2.23. The average molecular weight is 409 g/mol. The molecule has 5 nitrogen and oxygen atoms in total. The van der Waals surface area contributed by atoms with Gasteiger partial charge in [0.15, 0.2) is 9.84 Å². The molecule has 3 rings (SSSR count). The van der Waals surface area contributed by atoms with Gasteiger partial charge in [-0.2, -0.15) is 0 Å². The van der Waals surface area contributed by atoms with Gasteiger partial charge in [0, 0.05) is 25.5 Å². The second-order valence-electron chi connectivity index (χ2n) is 7.29. The molecule has 0 unspecified atom stereocenters. The molecule has 0 saturated carbocycles. The fourth-order valence-electron chi connectivity index (χ4n) is 3.39. The molecule has 2 aromatic rings. The van der Waals surface area contributed by atoms with Gasteiger partial charge in [-0.05, 0) is 56.5 Å². The summed E-state index contributed by atoms with van der Waals surface area (Å²) in [5, 5.41) is 0.239. The van der Waals surface area contributed by atoms with Crippen LogP contribution in [0.1, 0.15) is 25.8 Å². The van der Waals surface area contributed by atoms with Crippen molar-refractivity contribution in [2.45, 2.75) is 37.8 Å². The summed E-state index contributed by atoms with van der Waals surface area (Å²) in [5.41, 5.74) is 1.20. The Morgan fingerprint density at radius 3 is 2.67 bits per heavy atom. The van der Waals surface area contributed by atoms with Gasteiger partial charge in [0.1, 0.15) is 10.6 Å². The van der Waals surface area contributed by atoms with Crippen LogP contribution >= 0.6 is 11.6 Å². The van der Waals surface area contributed by atoms with Crippen molar-refractivity contribution in [1.82, 2.24) is 9.88 Å². The van der Waals surface area contributed by atoms with E-state index in [4.69, 9.17) is 16.3 Å². The molecule has 1 fully saturated rings. The van der Waals surface area contributed by atoms with Crippen LogP contribution in [0.25, 0.3) is 0 Å². The highest BCUT2D eigenvalue weighted by Crippen LogP contribution is 2.26. The molecule has 1 aliphatic heterocycles. The van der Waals surface area contributed by atoms with Crippen molar-refractivity contribution in [2.75, 3.05) is 18.8 Å². The van der Waals surface area contributed by atoms with E-state index in [1.165, 1.54) is 24.0 Å². The molecule has 1 aromatic heterocycles. The van der Waals surface area contributed by atoms with Crippen LogP contribution in [0.15, 0.2) is 47.6 Å². The van der Waals surface area contributed by atoms with Gasteiger partial charge in [-0.3, -0.25) is 9.88 Å². The van der Waals surface area contributed by atoms with E-state index >= 15 is 0 Å². The van der Waals surface area contributed by atoms with Crippen LogP contribution < -0.4 is 4.74 Å². The number of pyridine rings is 1. The summed E-state index contributed by atoms with van der Waals surface area (Å²) in [6.07, 6.45) is 3.86. The normalized spacial score (nSPS) is 18.1. The van der Waals surface area contributed by atoms with E-state index in [1.807, 2.05) is 26.0 Å². The Balaban J connectivity index is 1.56. The summed E-state index contributed by atoms with van der Waals surface area (Å²) < 4.78 is 31.0. The Morgan fingerprint density at radius 1 is 1.26 bits per heavy atom. The number of hydrogen-bond donors (Lipinski definition) is 0. The van der Waals surface area contributed by atoms with Crippen molar-refractivity contribution in [2.24, 2.45) is 5.92 Å². The predicted octanol–water partition coefficient (Wildman–Crippen LogP) is 3.82. The van der Waals surface area contributed by atoms with Gasteiger partial charge < -0.3 is 4.74 Å². The number of nitrogens with zero attached hydrogens (tertiary/aromatic N) is 2. The molecule has 1 saturated heterocycles. The first kappa shape index (κ1) is 20.1. The maximum absolute atomic E-state index is 12.6. The van der Waals surface area contributed by atoms with E-state index in [-0.39, 0.29) is 27.7 Å². The first-order valence-electron chi connectivity index (χ1n) is 9.14. The number of halogens is 1. The van der Waals surface area contributed by atoms with Crippen molar-refractivity contribution < 1.29 is 13.2 Å². The zero-order chi connectivity index (χ0) is 19.4. The van der Waals surface area contributed by atoms with E-state index < -0.39 is 9.84 Å². The number of likely N-dealkylation sites (tertiary alicyclic amines) is 1. The summed E-state index contributed by atoms with van der Waals surface area (Å²) in [6, 6.07) is 9.62. The van der Waals surface area contributed by atoms with Gasteiger partial charge in [-0.1, -0.05) is 23.7 Å². The fraction of sp³-hybridized carbons (Fsp3) is 0.450. The molecule has 0 bridgehead atoms. The van der Waals surface area contributed by atoms with Crippen LogP contribution in [-0.2, 0) is 16.4 Å². The summed E-state index contributed by atoms with van der Waals surface area (Å²) in [5.74, 6) is 1.08. The third kappa shape index (κ3) is 5.43. The smallest absolute Gasteiger partial charge is 0.181 e. The number of aromatic nitrogens is 1. The standard InChI is InChI=1S/C20H25ClN2O3S/c1-15(2)26-18-5-3-16(4-6-18)12-23-10-8-17(13-23)14-27(24,25)20-11-22-9-7-19(20)21/h3-7,9,11,15,17H,8,10,12-14H2,1-2H3/t17-/m1/s1. The second-order valence-corrected chi connectivity index (χ2v) is 9.70. The van der Waals surface area contributed by atoms with E-state index in [9.17, 15) is 8.42 Å². The van der Waals surface area contributed by atoms with Crippen molar-refractivity contribution in [3.8, 4) is 5.75 Å². The number of benzene rings is 1. The van der Waals surface area contributed by atoms with Crippen molar-refractivity contribution in [1.29, 1.82) is 0 Å². The lowest BCUT2D eigenvalue weighted by atomic mass is 10.1. The third-order valence-corrected chi connectivity index (χ3v) is 6.94. The van der Waals surface area contributed by atoms with Gasteiger partial charge in [0.2, 0.25) is 0 Å². The third-order valence-electron chi connectivity index (χ3n) is 4.60. The Labute approximate surface area is 166 Å². The maximum Gasteiger partial charge on any atom is 0.181 e. The second kappa shape index (κ2) is 8.59. The van der Waals surface area contributed by atoms with Gasteiger partial charge in [-0.15, -0.1) is 0 Å². The van der Waals surface area contributed by atoms with Crippen molar-refractivity contribution in [3.63, 3.8) is 0 Å². The monoisotopic (exact) mass is 408 g/mol. The highest BCUT2D eigenvalue weighted by atomic mass is 35.5. The summed E-state index contributed by atoms with van der Waals surface area (Å²) in [6.45, 7) is 6.48. The van der Waals surface area contributed by atoms with Gasteiger partial charge in [0.25, 0.3) is 0 Å². The molecule has 1 aromatic carbocycles. The summed E-state index contributed by atoms with van der Waals surface area (Å²) in [4.78, 5) is 6.32. The van der Waals surface area contributed by atoms with Crippen LogP contribution in [0.3, 0.4) is 0 Å². The predicted molar refractivity (Wildman–Crippen MR) is 107 cm³/mol. The molecule has 0 radical (unpaired) electrons.